The average molecular weight is 394 g/mol. The van der Waals surface area contributed by atoms with Crippen molar-refractivity contribution >= 4 is 17.9 Å². The van der Waals surface area contributed by atoms with Gasteiger partial charge in [0, 0.05) is 25.2 Å². The first-order valence-electron chi connectivity index (χ1n) is 9.21. The predicted octanol–water partition coefficient (Wildman–Crippen LogP) is 4.15. The van der Waals surface area contributed by atoms with Gasteiger partial charge in [0.25, 0.3) is 5.69 Å². The van der Waals surface area contributed by atoms with E-state index in [1.165, 1.54) is 24.3 Å². The highest BCUT2D eigenvalue weighted by Gasteiger charge is 2.26. The van der Waals surface area contributed by atoms with E-state index >= 15 is 0 Å². The number of likely N-dealkylation sites (tertiary alicyclic amines) is 1. The Morgan fingerprint density at radius 2 is 1.79 bits per heavy atom. The third kappa shape index (κ3) is 7.05. The number of carbonyl (C=O) groups is 2. The molecule has 0 saturated carbocycles. The number of nitro benzene ring substituents is 1. The zero-order chi connectivity index (χ0) is 20.7. The SMILES string of the molecule is CC(C)(C)OC(=O)N1CCC(CCOC(=O)Oc2ccc([N+](=O)[O-])cc2)CC1. The highest BCUT2D eigenvalue weighted by molar-refractivity contribution is 5.68. The lowest BCUT2D eigenvalue weighted by Crippen LogP contribution is -2.41. The molecule has 1 aliphatic heterocycles. The second kappa shape index (κ2) is 9.38. The number of hydrogen-bond acceptors (Lipinski definition) is 7. The molecule has 0 radical (unpaired) electrons. The van der Waals surface area contributed by atoms with E-state index in [9.17, 15) is 19.7 Å². The fourth-order valence-electron chi connectivity index (χ4n) is 2.80. The van der Waals surface area contributed by atoms with Crippen LogP contribution in [0, 0.1) is 16.0 Å². The first kappa shape index (κ1) is 21.5. The second-order valence-corrected chi connectivity index (χ2v) is 7.65. The van der Waals surface area contributed by atoms with E-state index in [0.717, 1.165) is 12.8 Å². The van der Waals surface area contributed by atoms with Crippen LogP contribution in [0.1, 0.15) is 40.0 Å². The Balaban J connectivity index is 1.65. The molecule has 1 heterocycles. The van der Waals surface area contributed by atoms with Crippen molar-refractivity contribution < 1.29 is 28.7 Å². The van der Waals surface area contributed by atoms with E-state index in [4.69, 9.17) is 14.2 Å². The first-order chi connectivity index (χ1) is 13.1. The molecular formula is C19H26N2O7. The van der Waals surface area contributed by atoms with Crippen LogP contribution in [0.15, 0.2) is 24.3 Å². The fraction of sp³-hybridized carbons (Fsp3) is 0.579. The molecule has 0 aromatic heterocycles. The van der Waals surface area contributed by atoms with Gasteiger partial charge >= 0.3 is 12.2 Å². The third-order valence-corrected chi connectivity index (χ3v) is 4.26. The molecule has 28 heavy (non-hydrogen) atoms. The van der Waals surface area contributed by atoms with E-state index in [0.29, 0.717) is 25.4 Å². The number of amides is 1. The van der Waals surface area contributed by atoms with Gasteiger partial charge in [-0.05, 0) is 58.1 Å². The van der Waals surface area contributed by atoms with Crippen molar-refractivity contribution in [3.63, 3.8) is 0 Å². The topological polar surface area (TPSA) is 108 Å². The van der Waals surface area contributed by atoms with Gasteiger partial charge in [-0.2, -0.15) is 0 Å². The van der Waals surface area contributed by atoms with Gasteiger partial charge in [0.15, 0.2) is 0 Å². The van der Waals surface area contributed by atoms with Crippen LogP contribution >= 0.6 is 0 Å². The molecule has 1 aromatic carbocycles. The summed E-state index contributed by atoms with van der Waals surface area (Å²) >= 11 is 0. The monoisotopic (exact) mass is 394 g/mol. The highest BCUT2D eigenvalue weighted by Crippen LogP contribution is 2.22. The van der Waals surface area contributed by atoms with Crippen LogP contribution in [0.4, 0.5) is 15.3 Å². The summed E-state index contributed by atoms with van der Waals surface area (Å²) in [7, 11) is 0. The van der Waals surface area contributed by atoms with Gasteiger partial charge in [0.1, 0.15) is 11.4 Å². The van der Waals surface area contributed by atoms with Crippen molar-refractivity contribution in [3.8, 4) is 5.75 Å². The summed E-state index contributed by atoms with van der Waals surface area (Å²) in [5.74, 6) is 0.534. The number of ether oxygens (including phenoxy) is 3. The molecule has 0 atom stereocenters. The van der Waals surface area contributed by atoms with E-state index in [-0.39, 0.29) is 24.1 Å². The Morgan fingerprint density at radius 3 is 2.32 bits per heavy atom. The van der Waals surface area contributed by atoms with Crippen molar-refractivity contribution in [3.05, 3.63) is 34.4 Å². The van der Waals surface area contributed by atoms with Crippen molar-refractivity contribution in [2.75, 3.05) is 19.7 Å². The van der Waals surface area contributed by atoms with Crippen molar-refractivity contribution in [2.24, 2.45) is 5.92 Å². The lowest BCUT2D eigenvalue weighted by Gasteiger charge is -2.33. The molecular weight excluding hydrogens is 368 g/mol. The molecule has 1 saturated heterocycles. The van der Waals surface area contributed by atoms with Gasteiger partial charge in [0.05, 0.1) is 11.5 Å². The maximum Gasteiger partial charge on any atom is 0.513 e. The Morgan fingerprint density at radius 1 is 1.18 bits per heavy atom. The molecule has 2 rings (SSSR count). The van der Waals surface area contributed by atoms with E-state index < -0.39 is 16.7 Å². The minimum atomic E-state index is -0.847. The van der Waals surface area contributed by atoms with Crippen molar-refractivity contribution in [1.29, 1.82) is 0 Å². The number of non-ortho nitro benzene ring substituents is 1. The Kier molecular flexibility index (Phi) is 7.19. The minimum absolute atomic E-state index is 0.0848. The lowest BCUT2D eigenvalue weighted by atomic mass is 9.94. The summed E-state index contributed by atoms with van der Waals surface area (Å²) in [5.41, 5.74) is -0.593. The number of hydrogen-bond donors (Lipinski definition) is 0. The number of carbonyl (C=O) groups excluding carboxylic acids is 2. The first-order valence-corrected chi connectivity index (χ1v) is 9.21. The molecule has 0 bridgehead atoms. The number of rotatable bonds is 5. The summed E-state index contributed by atoms with van der Waals surface area (Å²) in [6.07, 6.45) is 1.17. The van der Waals surface area contributed by atoms with E-state index in [1.807, 2.05) is 20.8 Å². The second-order valence-electron chi connectivity index (χ2n) is 7.65. The standard InChI is InChI=1S/C19H26N2O7/c1-19(2,3)28-17(22)20-11-8-14(9-12-20)10-13-26-18(23)27-16-6-4-15(5-7-16)21(24)25/h4-7,14H,8-13H2,1-3H3. The predicted molar refractivity (Wildman–Crippen MR) is 100 cm³/mol. The van der Waals surface area contributed by atoms with Gasteiger partial charge < -0.3 is 19.1 Å². The van der Waals surface area contributed by atoms with Crippen LogP contribution in [-0.2, 0) is 9.47 Å². The molecule has 0 spiro atoms. The van der Waals surface area contributed by atoms with Crippen molar-refractivity contribution in [1.82, 2.24) is 4.90 Å². The van der Waals surface area contributed by atoms with E-state index in [1.54, 1.807) is 4.90 Å². The molecule has 9 nitrogen and oxygen atoms in total. The highest BCUT2D eigenvalue weighted by atomic mass is 16.7. The molecule has 0 aliphatic carbocycles. The molecule has 154 valence electrons. The zero-order valence-electron chi connectivity index (χ0n) is 16.4. The van der Waals surface area contributed by atoms with Gasteiger partial charge in [-0.3, -0.25) is 10.1 Å². The molecule has 1 aromatic rings. The van der Waals surface area contributed by atoms with Crippen LogP contribution in [0.3, 0.4) is 0 Å². The quantitative estimate of drug-likeness (QED) is 0.319. The summed E-state index contributed by atoms with van der Waals surface area (Å²) in [6.45, 7) is 6.96. The van der Waals surface area contributed by atoms with Gasteiger partial charge in [-0.1, -0.05) is 0 Å². The normalized spacial score (nSPS) is 15.0. The van der Waals surface area contributed by atoms with Gasteiger partial charge in [-0.15, -0.1) is 0 Å². The Hall–Kier alpha value is -2.84. The summed E-state index contributed by atoms with van der Waals surface area (Å²) in [4.78, 5) is 35.5. The average Bonchev–Trinajstić information content (AvgIpc) is 2.61. The number of benzene rings is 1. The maximum absolute atomic E-state index is 12.0. The molecule has 1 amide bonds. The summed E-state index contributed by atoms with van der Waals surface area (Å²) in [6, 6.07) is 5.18. The number of nitro groups is 1. The molecule has 1 aliphatic rings. The van der Waals surface area contributed by atoms with Crippen LogP contribution in [0.25, 0.3) is 0 Å². The van der Waals surface area contributed by atoms with Crippen molar-refractivity contribution in [2.45, 2.75) is 45.6 Å². The van der Waals surface area contributed by atoms with Crippen LogP contribution in [-0.4, -0.2) is 47.4 Å². The zero-order valence-corrected chi connectivity index (χ0v) is 16.4. The smallest absolute Gasteiger partial charge is 0.444 e. The Labute approximate surface area is 163 Å². The molecule has 1 fully saturated rings. The Bertz CT molecular complexity index is 689. The minimum Gasteiger partial charge on any atom is -0.444 e. The largest absolute Gasteiger partial charge is 0.513 e. The summed E-state index contributed by atoms with van der Waals surface area (Å²) < 4.78 is 15.4. The fourth-order valence-corrected chi connectivity index (χ4v) is 2.80. The van der Waals surface area contributed by atoms with Gasteiger partial charge in [-0.25, -0.2) is 9.59 Å². The van der Waals surface area contributed by atoms with Gasteiger partial charge in [0.2, 0.25) is 0 Å². The molecule has 9 heteroatoms. The number of piperidine rings is 1. The van der Waals surface area contributed by atoms with Crippen LogP contribution in [0.5, 0.6) is 5.75 Å². The maximum atomic E-state index is 12.0. The lowest BCUT2D eigenvalue weighted by molar-refractivity contribution is -0.384. The molecule has 0 N–H and O–H groups in total. The van der Waals surface area contributed by atoms with Crippen LogP contribution in [0.2, 0.25) is 0 Å². The van der Waals surface area contributed by atoms with Crippen LogP contribution < -0.4 is 4.74 Å². The third-order valence-electron chi connectivity index (χ3n) is 4.26. The summed E-state index contributed by atoms with van der Waals surface area (Å²) in [5, 5.41) is 10.6. The molecule has 0 unspecified atom stereocenters. The van der Waals surface area contributed by atoms with E-state index in [2.05, 4.69) is 0 Å². The number of nitrogens with zero attached hydrogens (tertiary/aromatic N) is 2.